The van der Waals surface area contributed by atoms with Crippen molar-refractivity contribution in [2.45, 2.75) is 25.0 Å². The molecule has 1 saturated carbocycles. The predicted molar refractivity (Wildman–Crippen MR) is 70.9 cm³/mol. The molecule has 2 rings (SSSR count). The molecule has 3 N–H and O–H groups in total. The molecule has 0 spiro atoms. The molecule has 1 aliphatic rings. The maximum atomic E-state index is 9.94. The highest BCUT2D eigenvalue weighted by Crippen LogP contribution is 2.38. The summed E-state index contributed by atoms with van der Waals surface area (Å²) in [5, 5.41) is 10.5. The smallest absolute Gasteiger partial charge is 0.137 e. The molecule has 5 heteroatoms. The van der Waals surface area contributed by atoms with Gasteiger partial charge in [-0.1, -0.05) is 17.7 Å². The van der Waals surface area contributed by atoms with Crippen molar-refractivity contribution in [2.75, 3.05) is 7.11 Å². The molecule has 1 fully saturated rings. The van der Waals surface area contributed by atoms with Gasteiger partial charge >= 0.3 is 0 Å². The number of hydrogen-bond donors (Lipinski definition) is 2. The fraction of sp³-hybridized carbons (Fsp3) is 0.500. The van der Waals surface area contributed by atoms with Crippen molar-refractivity contribution in [2.24, 2.45) is 11.7 Å². The van der Waals surface area contributed by atoms with Crippen LogP contribution in [-0.2, 0) is 0 Å². The molecule has 0 aliphatic heterocycles. The molecule has 0 amide bonds. The van der Waals surface area contributed by atoms with E-state index in [1.807, 2.05) is 6.07 Å². The van der Waals surface area contributed by atoms with E-state index < -0.39 is 6.10 Å². The molecular weight excluding hydrogens is 261 g/mol. The Kier molecular flexibility index (Phi) is 5.07. The molecule has 2 atom stereocenters. The third-order valence-corrected chi connectivity index (χ3v) is 3.35. The van der Waals surface area contributed by atoms with Crippen LogP contribution in [0.15, 0.2) is 18.2 Å². The van der Waals surface area contributed by atoms with Crippen LogP contribution < -0.4 is 10.5 Å². The topological polar surface area (TPSA) is 55.5 Å². The van der Waals surface area contributed by atoms with Gasteiger partial charge in [-0.25, -0.2) is 0 Å². The van der Waals surface area contributed by atoms with Gasteiger partial charge in [0.2, 0.25) is 0 Å². The van der Waals surface area contributed by atoms with Crippen LogP contribution in [0.5, 0.6) is 5.75 Å². The number of methoxy groups -OCH3 is 1. The van der Waals surface area contributed by atoms with Crippen molar-refractivity contribution in [3.8, 4) is 5.75 Å². The van der Waals surface area contributed by atoms with Gasteiger partial charge in [0, 0.05) is 0 Å². The molecule has 0 bridgehead atoms. The largest absolute Gasteiger partial charge is 0.495 e. The number of nitrogens with two attached hydrogens (primary N) is 1. The van der Waals surface area contributed by atoms with E-state index in [-0.39, 0.29) is 18.4 Å². The third kappa shape index (κ3) is 3.26. The summed E-state index contributed by atoms with van der Waals surface area (Å²) < 4.78 is 5.12. The molecule has 1 aromatic rings. The summed E-state index contributed by atoms with van der Waals surface area (Å²) in [5.41, 5.74) is 6.87. The lowest BCUT2D eigenvalue weighted by atomic mass is 9.99. The van der Waals surface area contributed by atoms with Crippen molar-refractivity contribution in [1.82, 2.24) is 0 Å². The van der Waals surface area contributed by atoms with E-state index in [4.69, 9.17) is 22.1 Å². The minimum atomic E-state index is -0.467. The van der Waals surface area contributed by atoms with E-state index in [1.54, 1.807) is 19.2 Å². The first-order chi connectivity index (χ1) is 7.63. The SMILES string of the molecule is COc1cc([C@H](N)[C@H](O)C2CC2)ccc1Cl.Cl. The Bertz CT molecular complexity index is 383. The number of ether oxygens (including phenoxy) is 1. The number of aliphatic hydroxyl groups is 1. The van der Waals surface area contributed by atoms with Crippen molar-refractivity contribution in [3.05, 3.63) is 28.8 Å². The average molecular weight is 278 g/mol. The molecule has 1 aromatic carbocycles. The third-order valence-electron chi connectivity index (χ3n) is 3.03. The van der Waals surface area contributed by atoms with E-state index in [0.29, 0.717) is 16.7 Å². The van der Waals surface area contributed by atoms with Gasteiger partial charge in [0.05, 0.1) is 24.3 Å². The van der Waals surface area contributed by atoms with Gasteiger partial charge in [0.15, 0.2) is 0 Å². The number of hydrogen-bond acceptors (Lipinski definition) is 3. The molecular formula is C12H17Cl2NO2. The first-order valence-electron chi connectivity index (χ1n) is 5.40. The lowest BCUT2D eigenvalue weighted by Crippen LogP contribution is -2.27. The second-order valence-corrected chi connectivity index (χ2v) is 4.65. The zero-order valence-electron chi connectivity index (χ0n) is 9.60. The Balaban J connectivity index is 0.00000144. The van der Waals surface area contributed by atoms with Gasteiger partial charge in [-0.05, 0) is 36.5 Å². The fourth-order valence-corrected chi connectivity index (χ4v) is 2.01. The Morgan fingerprint density at radius 2 is 2.12 bits per heavy atom. The molecule has 96 valence electrons. The minimum Gasteiger partial charge on any atom is -0.495 e. The lowest BCUT2D eigenvalue weighted by molar-refractivity contribution is 0.122. The van der Waals surface area contributed by atoms with Crippen LogP contribution >= 0.6 is 24.0 Å². The summed E-state index contributed by atoms with van der Waals surface area (Å²) in [6.07, 6.45) is 1.67. The van der Waals surface area contributed by atoms with Crippen LogP contribution in [0, 0.1) is 5.92 Å². The Labute approximate surface area is 112 Å². The van der Waals surface area contributed by atoms with Crippen LogP contribution in [0.25, 0.3) is 0 Å². The molecule has 0 aromatic heterocycles. The summed E-state index contributed by atoms with van der Waals surface area (Å²) in [7, 11) is 1.56. The standard InChI is InChI=1S/C12H16ClNO2.ClH/c1-16-10-6-8(4-5-9(10)13)11(14)12(15)7-2-3-7;/h4-7,11-12,15H,2-3,14H2,1H3;1H/t11-,12+;/m0./s1. The van der Waals surface area contributed by atoms with Gasteiger partial charge < -0.3 is 15.6 Å². The van der Waals surface area contributed by atoms with Crippen LogP contribution in [0.4, 0.5) is 0 Å². The quantitative estimate of drug-likeness (QED) is 0.889. The van der Waals surface area contributed by atoms with E-state index in [2.05, 4.69) is 0 Å². The Hall–Kier alpha value is -0.480. The van der Waals surface area contributed by atoms with Crippen molar-refractivity contribution in [1.29, 1.82) is 0 Å². The van der Waals surface area contributed by atoms with Crippen LogP contribution in [-0.4, -0.2) is 18.3 Å². The summed E-state index contributed by atoms with van der Waals surface area (Å²) in [4.78, 5) is 0. The Morgan fingerprint density at radius 3 is 2.65 bits per heavy atom. The molecule has 0 radical (unpaired) electrons. The average Bonchev–Trinajstić information content (AvgIpc) is 3.11. The second-order valence-electron chi connectivity index (χ2n) is 4.25. The van der Waals surface area contributed by atoms with Gasteiger partial charge in [-0.15, -0.1) is 12.4 Å². The first-order valence-corrected chi connectivity index (χ1v) is 5.78. The first kappa shape index (κ1) is 14.6. The highest BCUT2D eigenvalue weighted by molar-refractivity contribution is 6.32. The molecule has 1 aliphatic carbocycles. The molecule has 0 heterocycles. The Morgan fingerprint density at radius 1 is 1.47 bits per heavy atom. The monoisotopic (exact) mass is 277 g/mol. The number of rotatable bonds is 4. The highest BCUT2D eigenvalue weighted by atomic mass is 35.5. The normalized spacial score (nSPS) is 18.1. The summed E-state index contributed by atoms with van der Waals surface area (Å²) in [5.74, 6) is 0.953. The van der Waals surface area contributed by atoms with Crippen molar-refractivity contribution >= 4 is 24.0 Å². The predicted octanol–water partition coefficient (Wildman–Crippen LogP) is 2.54. The molecule has 17 heavy (non-hydrogen) atoms. The fourth-order valence-electron chi connectivity index (χ4n) is 1.81. The van der Waals surface area contributed by atoms with Crippen LogP contribution in [0.1, 0.15) is 24.4 Å². The minimum absolute atomic E-state index is 0. The lowest BCUT2D eigenvalue weighted by Gasteiger charge is -2.19. The number of benzene rings is 1. The van der Waals surface area contributed by atoms with Gasteiger partial charge in [0.25, 0.3) is 0 Å². The van der Waals surface area contributed by atoms with E-state index in [1.165, 1.54) is 0 Å². The summed E-state index contributed by atoms with van der Waals surface area (Å²) >= 11 is 5.93. The maximum Gasteiger partial charge on any atom is 0.137 e. The molecule has 0 unspecified atom stereocenters. The van der Waals surface area contributed by atoms with Gasteiger partial charge in [-0.3, -0.25) is 0 Å². The van der Waals surface area contributed by atoms with E-state index in [0.717, 1.165) is 18.4 Å². The maximum absolute atomic E-state index is 9.94. The summed E-state index contributed by atoms with van der Waals surface area (Å²) in [6, 6.07) is 5.01. The van der Waals surface area contributed by atoms with Gasteiger partial charge in [0.1, 0.15) is 5.75 Å². The summed E-state index contributed by atoms with van der Waals surface area (Å²) in [6.45, 7) is 0. The highest BCUT2D eigenvalue weighted by Gasteiger charge is 2.34. The van der Waals surface area contributed by atoms with Crippen molar-refractivity contribution < 1.29 is 9.84 Å². The van der Waals surface area contributed by atoms with Crippen LogP contribution in [0.2, 0.25) is 5.02 Å². The molecule has 0 saturated heterocycles. The van der Waals surface area contributed by atoms with E-state index in [9.17, 15) is 5.11 Å². The second kappa shape index (κ2) is 5.91. The number of halogens is 2. The molecule has 3 nitrogen and oxygen atoms in total. The zero-order valence-corrected chi connectivity index (χ0v) is 11.2. The van der Waals surface area contributed by atoms with Gasteiger partial charge in [-0.2, -0.15) is 0 Å². The number of aliphatic hydroxyl groups excluding tert-OH is 1. The zero-order chi connectivity index (χ0) is 11.7. The van der Waals surface area contributed by atoms with Crippen molar-refractivity contribution in [3.63, 3.8) is 0 Å². The van der Waals surface area contributed by atoms with Crippen LogP contribution in [0.3, 0.4) is 0 Å². The van der Waals surface area contributed by atoms with E-state index >= 15 is 0 Å².